The molecule has 2 heteroatoms. The molecule has 0 amide bonds. The highest BCUT2D eigenvalue weighted by molar-refractivity contribution is 9.10. The number of rotatable bonds is 7. The molecule has 0 aromatic heterocycles. The van der Waals surface area contributed by atoms with Crippen LogP contribution in [-0.2, 0) is 6.42 Å². The Morgan fingerprint density at radius 1 is 1.00 bits per heavy atom. The molecular weight excluding hydrogens is 322 g/mol. The number of hydrogen-bond donors (Lipinski definition) is 1. The fourth-order valence-corrected chi connectivity index (χ4v) is 3.09. The number of halogens is 1. The summed E-state index contributed by atoms with van der Waals surface area (Å²) in [6.45, 7) is 5.60. The molecule has 2 atom stereocenters. The van der Waals surface area contributed by atoms with Gasteiger partial charge in [-0.05, 0) is 42.5 Å². The first kappa shape index (κ1) is 16.3. The molecule has 0 aliphatic rings. The summed E-state index contributed by atoms with van der Waals surface area (Å²) in [6, 6.07) is 19.8. The van der Waals surface area contributed by atoms with Crippen molar-refractivity contribution in [2.24, 2.45) is 0 Å². The maximum Gasteiger partial charge on any atom is 0.0207 e. The molecule has 0 radical (unpaired) electrons. The Hall–Kier alpha value is -1.12. The molecule has 0 fully saturated rings. The monoisotopic (exact) mass is 345 g/mol. The van der Waals surface area contributed by atoms with Crippen LogP contribution in [0.1, 0.15) is 37.3 Å². The van der Waals surface area contributed by atoms with Crippen molar-refractivity contribution in [1.29, 1.82) is 0 Å². The van der Waals surface area contributed by atoms with Crippen LogP contribution in [-0.4, -0.2) is 12.6 Å². The fraction of sp³-hybridized carbons (Fsp3) is 0.368. The molecule has 0 heterocycles. The van der Waals surface area contributed by atoms with Gasteiger partial charge in [0.05, 0.1) is 0 Å². The SMILES string of the molecule is CCCNC(Cc1ccccc1Br)C(C)c1ccccc1. The quantitative estimate of drug-likeness (QED) is 0.730. The predicted octanol–water partition coefficient (Wildman–Crippen LogP) is 5.16. The molecule has 2 aromatic rings. The van der Waals surface area contributed by atoms with Gasteiger partial charge in [0, 0.05) is 10.5 Å². The molecule has 0 aliphatic carbocycles. The molecular formula is C19H24BrN. The normalized spacial score (nSPS) is 13.9. The Morgan fingerprint density at radius 2 is 1.67 bits per heavy atom. The summed E-state index contributed by atoms with van der Waals surface area (Å²) < 4.78 is 1.20. The molecule has 0 saturated heterocycles. The maximum atomic E-state index is 3.72. The van der Waals surface area contributed by atoms with Gasteiger partial charge in [0.1, 0.15) is 0 Å². The summed E-state index contributed by atoms with van der Waals surface area (Å²) in [5.41, 5.74) is 2.77. The smallest absolute Gasteiger partial charge is 0.0207 e. The zero-order valence-electron chi connectivity index (χ0n) is 12.9. The molecule has 0 saturated carbocycles. The molecule has 0 bridgehead atoms. The number of hydrogen-bond acceptors (Lipinski definition) is 1. The standard InChI is InChI=1S/C19H24BrN/c1-3-13-21-19(14-17-11-7-8-12-18(17)20)15(2)16-9-5-4-6-10-16/h4-12,15,19,21H,3,13-14H2,1-2H3. The Balaban J connectivity index is 2.16. The fourth-order valence-electron chi connectivity index (χ4n) is 2.65. The summed E-state index contributed by atoms with van der Waals surface area (Å²) in [6.07, 6.45) is 2.20. The summed E-state index contributed by atoms with van der Waals surface area (Å²) in [7, 11) is 0. The van der Waals surface area contributed by atoms with Crippen molar-refractivity contribution in [2.45, 2.75) is 38.6 Å². The second kappa shape index (κ2) is 8.35. The van der Waals surface area contributed by atoms with Crippen LogP contribution in [0, 0.1) is 0 Å². The van der Waals surface area contributed by atoms with Crippen molar-refractivity contribution >= 4 is 15.9 Å². The average Bonchev–Trinajstić information content (AvgIpc) is 2.53. The van der Waals surface area contributed by atoms with Crippen molar-refractivity contribution in [2.75, 3.05) is 6.54 Å². The summed E-state index contributed by atoms with van der Waals surface area (Å²) >= 11 is 3.67. The minimum atomic E-state index is 0.450. The average molecular weight is 346 g/mol. The summed E-state index contributed by atoms with van der Waals surface area (Å²) in [5.74, 6) is 0.491. The first-order valence-electron chi connectivity index (χ1n) is 7.74. The molecule has 2 unspecified atom stereocenters. The maximum absolute atomic E-state index is 3.72. The van der Waals surface area contributed by atoms with E-state index < -0.39 is 0 Å². The van der Waals surface area contributed by atoms with Gasteiger partial charge in [-0.25, -0.2) is 0 Å². The Bertz CT molecular complexity index is 538. The van der Waals surface area contributed by atoms with Crippen molar-refractivity contribution in [3.63, 3.8) is 0 Å². The highest BCUT2D eigenvalue weighted by Gasteiger charge is 2.19. The first-order valence-corrected chi connectivity index (χ1v) is 8.53. The first-order chi connectivity index (χ1) is 10.2. The van der Waals surface area contributed by atoms with Crippen molar-refractivity contribution in [3.8, 4) is 0 Å². The molecule has 21 heavy (non-hydrogen) atoms. The van der Waals surface area contributed by atoms with Gasteiger partial charge in [-0.1, -0.05) is 78.3 Å². The lowest BCUT2D eigenvalue weighted by Gasteiger charge is -2.26. The number of nitrogens with one attached hydrogen (secondary N) is 1. The Morgan fingerprint density at radius 3 is 2.33 bits per heavy atom. The topological polar surface area (TPSA) is 12.0 Å². The molecule has 2 rings (SSSR count). The molecule has 1 nitrogen and oxygen atoms in total. The van der Waals surface area contributed by atoms with Gasteiger partial charge < -0.3 is 5.32 Å². The van der Waals surface area contributed by atoms with Gasteiger partial charge in [-0.15, -0.1) is 0 Å². The van der Waals surface area contributed by atoms with Gasteiger partial charge in [0.25, 0.3) is 0 Å². The van der Waals surface area contributed by atoms with Gasteiger partial charge in [-0.3, -0.25) is 0 Å². The minimum Gasteiger partial charge on any atom is -0.313 e. The van der Waals surface area contributed by atoms with Crippen LogP contribution < -0.4 is 5.32 Å². The van der Waals surface area contributed by atoms with Gasteiger partial charge in [-0.2, -0.15) is 0 Å². The van der Waals surface area contributed by atoms with E-state index in [1.807, 2.05) is 0 Å². The lowest BCUT2D eigenvalue weighted by atomic mass is 9.89. The van der Waals surface area contributed by atoms with Crippen molar-refractivity contribution in [1.82, 2.24) is 5.32 Å². The highest BCUT2D eigenvalue weighted by Crippen LogP contribution is 2.25. The van der Waals surface area contributed by atoms with Gasteiger partial charge >= 0.3 is 0 Å². The van der Waals surface area contributed by atoms with E-state index in [1.54, 1.807) is 0 Å². The molecule has 0 spiro atoms. The summed E-state index contributed by atoms with van der Waals surface area (Å²) in [4.78, 5) is 0. The largest absolute Gasteiger partial charge is 0.313 e. The van der Waals surface area contributed by atoms with Gasteiger partial charge in [0.2, 0.25) is 0 Å². The zero-order chi connectivity index (χ0) is 15.1. The van der Waals surface area contributed by atoms with Crippen LogP contribution in [0.15, 0.2) is 59.1 Å². The van der Waals surface area contributed by atoms with E-state index in [9.17, 15) is 0 Å². The predicted molar refractivity (Wildman–Crippen MR) is 94.8 cm³/mol. The van der Waals surface area contributed by atoms with Crippen LogP contribution >= 0.6 is 15.9 Å². The van der Waals surface area contributed by atoms with Crippen LogP contribution in [0.4, 0.5) is 0 Å². The van der Waals surface area contributed by atoms with Crippen LogP contribution in [0.25, 0.3) is 0 Å². The third kappa shape index (κ3) is 4.69. The van der Waals surface area contributed by atoms with E-state index in [-0.39, 0.29) is 0 Å². The van der Waals surface area contributed by atoms with Crippen LogP contribution in [0.5, 0.6) is 0 Å². The van der Waals surface area contributed by atoms with E-state index in [0.29, 0.717) is 12.0 Å². The second-order valence-corrected chi connectivity index (χ2v) is 6.41. The second-order valence-electron chi connectivity index (χ2n) is 5.56. The number of benzene rings is 2. The molecule has 1 N–H and O–H groups in total. The molecule has 112 valence electrons. The highest BCUT2D eigenvalue weighted by atomic mass is 79.9. The zero-order valence-corrected chi connectivity index (χ0v) is 14.4. The van der Waals surface area contributed by atoms with Crippen LogP contribution in [0.2, 0.25) is 0 Å². The lowest BCUT2D eigenvalue weighted by Crippen LogP contribution is -2.36. The van der Waals surface area contributed by atoms with Gasteiger partial charge in [0.15, 0.2) is 0 Å². The van der Waals surface area contributed by atoms with E-state index in [4.69, 9.17) is 0 Å². The third-order valence-electron chi connectivity index (χ3n) is 3.98. The van der Waals surface area contributed by atoms with E-state index in [0.717, 1.165) is 19.4 Å². The lowest BCUT2D eigenvalue weighted by molar-refractivity contribution is 0.446. The van der Waals surface area contributed by atoms with E-state index >= 15 is 0 Å². The van der Waals surface area contributed by atoms with Crippen LogP contribution in [0.3, 0.4) is 0 Å². The van der Waals surface area contributed by atoms with Crippen molar-refractivity contribution < 1.29 is 0 Å². The Kier molecular flexibility index (Phi) is 6.47. The van der Waals surface area contributed by atoms with Crippen molar-refractivity contribution in [3.05, 3.63) is 70.2 Å². The molecule has 0 aliphatic heterocycles. The Labute approximate surface area is 136 Å². The summed E-state index contributed by atoms with van der Waals surface area (Å²) in [5, 5.41) is 3.72. The third-order valence-corrected chi connectivity index (χ3v) is 4.76. The van der Waals surface area contributed by atoms with E-state index in [2.05, 4.69) is 89.7 Å². The molecule has 2 aromatic carbocycles. The minimum absolute atomic E-state index is 0.450. The van der Waals surface area contributed by atoms with E-state index in [1.165, 1.54) is 15.6 Å².